The summed E-state index contributed by atoms with van der Waals surface area (Å²) >= 11 is 0. The van der Waals surface area contributed by atoms with E-state index in [1.807, 2.05) is 18.2 Å². The zero-order valence-corrected chi connectivity index (χ0v) is 12.5. The van der Waals surface area contributed by atoms with E-state index in [1.54, 1.807) is 25.1 Å². The Labute approximate surface area is 119 Å². The average Bonchev–Trinajstić information content (AvgIpc) is 2.44. The lowest BCUT2D eigenvalue weighted by molar-refractivity contribution is 0.318. The molecule has 0 amide bonds. The minimum atomic E-state index is -3.41. The summed E-state index contributed by atoms with van der Waals surface area (Å²) in [6.45, 7) is 4.87. The van der Waals surface area contributed by atoms with Gasteiger partial charge in [-0.1, -0.05) is 26.0 Å². The van der Waals surface area contributed by atoms with Gasteiger partial charge in [0.1, 0.15) is 5.75 Å². The summed E-state index contributed by atoms with van der Waals surface area (Å²) in [5.41, 5.74) is 0. The molecule has 5 heteroatoms. The molecule has 20 heavy (non-hydrogen) atoms. The summed E-state index contributed by atoms with van der Waals surface area (Å²) in [5.74, 6) is 0.807. The normalized spacial score (nSPS) is 11.7. The van der Waals surface area contributed by atoms with Crippen LogP contribution in [0, 0.1) is 0 Å². The van der Waals surface area contributed by atoms with Crippen molar-refractivity contribution in [2.24, 2.45) is 0 Å². The van der Waals surface area contributed by atoms with Crippen LogP contribution in [-0.2, 0) is 10.0 Å². The number of benzene rings is 2. The number of rotatable bonds is 6. The molecule has 0 spiro atoms. The van der Waals surface area contributed by atoms with Gasteiger partial charge >= 0.3 is 0 Å². The van der Waals surface area contributed by atoms with Gasteiger partial charge in [-0.3, -0.25) is 0 Å². The second-order valence-electron chi connectivity index (χ2n) is 4.52. The van der Waals surface area contributed by atoms with Crippen LogP contribution < -0.4 is 9.46 Å². The topological polar surface area (TPSA) is 55.4 Å². The molecule has 0 bridgehead atoms. The first-order chi connectivity index (χ1) is 9.56. The highest BCUT2D eigenvalue weighted by Gasteiger charge is 2.12. The summed E-state index contributed by atoms with van der Waals surface area (Å²) in [5, 5.41) is 1.85. The Kier molecular flexibility index (Phi) is 4.62. The molecule has 0 aliphatic heterocycles. The van der Waals surface area contributed by atoms with Crippen molar-refractivity contribution in [3.05, 3.63) is 36.4 Å². The molecule has 0 unspecified atom stereocenters. The van der Waals surface area contributed by atoms with E-state index in [2.05, 4.69) is 11.6 Å². The Bertz CT molecular complexity index is 695. The predicted molar refractivity (Wildman–Crippen MR) is 80.6 cm³/mol. The molecule has 0 atom stereocenters. The third kappa shape index (κ3) is 3.29. The van der Waals surface area contributed by atoms with E-state index < -0.39 is 10.0 Å². The molecule has 0 aliphatic carbocycles. The summed E-state index contributed by atoms with van der Waals surface area (Å²) in [4.78, 5) is 0.286. The minimum Gasteiger partial charge on any atom is -0.494 e. The Morgan fingerprint density at radius 1 is 1.05 bits per heavy atom. The zero-order valence-electron chi connectivity index (χ0n) is 11.7. The lowest BCUT2D eigenvalue weighted by Gasteiger charge is -2.08. The molecule has 0 aromatic heterocycles. The molecule has 2 aromatic carbocycles. The van der Waals surface area contributed by atoms with E-state index in [9.17, 15) is 8.42 Å². The molecule has 1 N–H and O–H groups in total. The molecular formula is C15H19NO3S. The molecule has 4 nitrogen and oxygen atoms in total. The molecule has 0 radical (unpaired) electrons. The summed E-state index contributed by atoms with van der Waals surface area (Å²) < 4.78 is 32.0. The van der Waals surface area contributed by atoms with Gasteiger partial charge in [0.05, 0.1) is 11.5 Å². The molecule has 0 saturated carbocycles. The molecule has 2 rings (SSSR count). The average molecular weight is 293 g/mol. The standard InChI is InChI=1S/C15H19NO3S/c1-3-9-19-14-7-5-13-11-15(8-6-12(13)10-14)20(17,18)16-4-2/h5-8,10-11,16H,3-4,9H2,1-2H3. The first kappa shape index (κ1) is 14.8. The molecular weight excluding hydrogens is 274 g/mol. The lowest BCUT2D eigenvalue weighted by atomic mass is 10.1. The van der Waals surface area contributed by atoms with Gasteiger partial charge < -0.3 is 4.74 Å². The molecule has 0 aliphatic rings. The third-order valence-electron chi connectivity index (χ3n) is 2.90. The first-order valence-electron chi connectivity index (χ1n) is 6.73. The quantitative estimate of drug-likeness (QED) is 0.891. The smallest absolute Gasteiger partial charge is 0.240 e. The van der Waals surface area contributed by atoms with E-state index in [1.165, 1.54) is 0 Å². The van der Waals surface area contributed by atoms with Crippen LogP contribution in [0.3, 0.4) is 0 Å². The van der Waals surface area contributed by atoms with Crippen LogP contribution in [0.5, 0.6) is 5.75 Å². The maximum absolute atomic E-state index is 11.9. The summed E-state index contributed by atoms with van der Waals surface area (Å²) in [6.07, 6.45) is 0.956. The van der Waals surface area contributed by atoms with Crippen molar-refractivity contribution in [1.82, 2.24) is 4.72 Å². The van der Waals surface area contributed by atoms with Crippen LogP contribution in [0.4, 0.5) is 0 Å². The van der Waals surface area contributed by atoms with Gasteiger partial charge in [0.15, 0.2) is 0 Å². The number of hydrogen-bond donors (Lipinski definition) is 1. The monoisotopic (exact) mass is 293 g/mol. The van der Waals surface area contributed by atoms with Gasteiger partial charge in [0.2, 0.25) is 10.0 Å². The van der Waals surface area contributed by atoms with Crippen LogP contribution in [0.1, 0.15) is 20.3 Å². The van der Waals surface area contributed by atoms with Crippen molar-refractivity contribution >= 4 is 20.8 Å². The maximum Gasteiger partial charge on any atom is 0.240 e. The fraction of sp³-hybridized carbons (Fsp3) is 0.333. The highest BCUT2D eigenvalue weighted by atomic mass is 32.2. The second kappa shape index (κ2) is 6.24. The first-order valence-corrected chi connectivity index (χ1v) is 8.21. The van der Waals surface area contributed by atoms with Gasteiger partial charge in [-0.2, -0.15) is 0 Å². The maximum atomic E-state index is 11.9. The van der Waals surface area contributed by atoms with Crippen LogP contribution in [0.25, 0.3) is 10.8 Å². The van der Waals surface area contributed by atoms with Crippen molar-refractivity contribution in [1.29, 1.82) is 0 Å². The van der Waals surface area contributed by atoms with Gasteiger partial charge in [-0.25, -0.2) is 13.1 Å². The molecule has 0 fully saturated rings. The van der Waals surface area contributed by atoms with Gasteiger partial charge in [-0.05, 0) is 41.5 Å². The minimum absolute atomic E-state index is 0.286. The molecule has 0 saturated heterocycles. The van der Waals surface area contributed by atoms with E-state index in [4.69, 9.17) is 4.74 Å². The van der Waals surface area contributed by atoms with E-state index >= 15 is 0 Å². The second-order valence-corrected chi connectivity index (χ2v) is 6.29. The van der Waals surface area contributed by atoms with E-state index in [0.29, 0.717) is 13.2 Å². The number of fused-ring (bicyclic) bond motifs is 1. The molecule has 0 heterocycles. The Morgan fingerprint density at radius 3 is 2.45 bits per heavy atom. The SMILES string of the molecule is CCCOc1ccc2cc(S(=O)(=O)NCC)ccc2c1. The number of nitrogens with one attached hydrogen (secondary N) is 1. The lowest BCUT2D eigenvalue weighted by Crippen LogP contribution is -2.22. The highest BCUT2D eigenvalue weighted by Crippen LogP contribution is 2.23. The largest absolute Gasteiger partial charge is 0.494 e. The van der Waals surface area contributed by atoms with Crippen molar-refractivity contribution < 1.29 is 13.2 Å². The predicted octanol–water partition coefficient (Wildman–Crippen LogP) is 2.93. The van der Waals surface area contributed by atoms with Gasteiger partial charge in [0, 0.05) is 6.54 Å². The number of hydrogen-bond acceptors (Lipinski definition) is 3. The Morgan fingerprint density at radius 2 is 1.75 bits per heavy atom. The van der Waals surface area contributed by atoms with Crippen LogP contribution >= 0.6 is 0 Å². The van der Waals surface area contributed by atoms with E-state index in [-0.39, 0.29) is 4.90 Å². The van der Waals surface area contributed by atoms with E-state index in [0.717, 1.165) is 22.9 Å². The Balaban J connectivity index is 2.36. The highest BCUT2D eigenvalue weighted by molar-refractivity contribution is 7.89. The van der Waals surface area contributed by atoms with Crippen molar-refractivity contribution in [3.63, 3.8) is 0 Å². The van der Waals surface area contributed by atoms with Crippen molar-refractivity contribution in [3.8, 4) is 5.75 Å². The fourth-order valence-electron chi connectivity index (χ4n) is 1.95. The number of ether oxygens (including phenoxy) is 1. The third-order valence-corrected chi connectivity index (χ3v) is 4.44. The number of sulfonamides is 1. The molecule has 2 aromatic rings. The van der Waals surface area contributed by atoms with Gasteiger partial charge in [0.25, 0.3) is 0 Å². The van der Waals surface area contributed by atoms with Gasteiger partial charge in [-0.15, -0.1) is 0 Å². The van der Waals surface area contributed by atoms with Crippen LogP contribution in [0.2, 0.25) is 0 Å². The molecule has 108 valence electrons. The Hall–Kier alpha value is -1.59. The van der Waals surface area contributed by atoms with Crippen molar-refractivity contribution in [2.45, 2.75) is 25.2 Å². The summed E-state index contributed by atoms with van der Waals surface area (Å²) in [6, 6.07) is 10.8. The zero-order chi connectivity index (χ0) is 14.6. The van der Waals surface area contributed by atoms with Crippen molar-refractivity contribution in [2.75, 3.05) is 13.2 Å². The van der Waals surface area contributed by atoms with Crippen LogP contribution in [0.15, 0.2) is 41.3 Å². The fourth-order valence-corrected chi connectivity index (χ4v) is 3.03. The van der Waals surface area contributed by atoms with Crippen LogP contribution in [-0.4, -0.2) is 21.6 Å². The summed E-state index contributed by atoms with van der Waals surface area (Å²) in [7, 11) is -3.41.